The van der Waals surface area contributed by atoms with Gasteiger partial charge >= 0.3 is 0 Å². The third-order valence-corrected chi connectivity index (χ3v) is 7.40. The van der Waals surface area contributed by atoms with Crippen LogP contribution in [0.4, 0.5) is 0 Å². The SMILES string of the molecule is COc1ccccc1C1C2(C)OC(=N)C1(C#N)C(C#N)(C#N)C(c1ccc(OCc3ccccc3)cc1)O2. The maximum absolute atomic E-state index is 10.6. The zero-order valence-corrected chi connectivity index (χ0v) is 20.8. The molecule has 0 aromatic heterocycles. The number of para-hydroxylation sites is 1. The van der Waals surface area contributed by atoms with Crippen molar-refractivity contribution >= 4 is 5.90 Å². The summed E-state index contributed by atoms with van der Waals surface area (Å²) in [6.07, 6.45) is -1.18. The van der Waals surface area contributed by atoms with Crippen LogP contribution < -0.4 is 9.47 Å². The van der Waals surface area contributed by atoms with E-state index in [4.69, 9.17) is 24.4 Å². The Morgan fingerprint density at radius 2 is 1.55 bits per heavy atom. The molecule has 188 valence electrons. The first-order valence-corrected chi connectivity index (χ1v) is 12.0. The fourth-order valence-corrected chi connectivity index (χ4v) is 5.64. The molecule has 8 nitrogen and oxygen atoms in total. The summed E-state index contributed by atoms with van der Waals surface area (Å²) in [5.74, 6) is -1.95. The Morgan fingerprint density at radius 1 is 0.895 bits per heavy atom. The van der Waals surface area contributed by atoms with Crippen molar-refractivity contribution in [2.75, 3.05) is 7.11 Å². The number of hydrogen-bond donors (Lipinski definition) is 1. The standard InChI is InChI=1S/C30H24N4O4/c1-28-25(23-10-6-7-11-24(23)35-2)30(19-33,27(34)38-28)29(17-31,18-32)26(37-28)21-12-14-22(15-13-21)36-16-20-8-4-3-5-9-20/h3-15,25-26,34H,16H2,1-2H3. The minimum absolute atomic E-state index is 0.377. The molecule has 0 aliphatic carbocycles. The van der Waals surface area contributed by atoms with E-state index in [9.17, 15) is 15.8 Å². The second kappa shape index (κ2) is 9.23. The maximum atomic E-state index is 10.6. The average Bonchev–Trinajstić information content (AvgIpc) is 3.14. The molecule has 0 spiro atoms. The molecule has 2 aliphatic rings. The molecule has 38 heavy (non-hydrogen) atoms. The summed E-state index contributed by atoms with van der Waals surface area (Å²) < 4.78 is 23.8. The summed E-state index contributed by atoms with van der Waals surface area (Å²) in [5, 5.41) is 40.5. The smallest absolute Gasteiger partial charge is 0.219 e. The number of benzene rings is 3. The molecule has 2 saturated heterocycles. The van der Waals surface area contributed by atoms with Crippen LogP contribution in [0.25, 0.3) is 0 Å². The van der Waals surface area contributed by atoms with E-state index in [-0.39, 0.29) is 0 Å². The highest BCUT2D eigenvalue weighted by atomic mass is 16.7. The van der Waals surface area contributed by atoms with Gasteiger partial charge in [-0.3, -0.25) is 5.41 Å². The van der Waals surface area contributed by atoms with Gasteiger partial charge in [0.1, 0.15) is 24.2 Å². The minimum atomic E-state index is -2.10. The molecule has 8 heteroatoms. The zero-order chi connectivity index (χ0) is 27.0. The quantitative estimate of drug-likeness (QED) is 0.475. The average molecular weight is 505 g/mol. The van der Waals surface area contributed by atoms with E-state index in [0.717, 1.165) is 5.56 Å². The Bertz CT molecular complexity index is 1490. The Balaban J connectivity index is 1.58. The molecule has 0 radical (unpaired) electrons. The van der Waals surface area contributed by atoms with Gasteiger partial charge in [-0.2, -0.15) is 15.8 Å². The van der Waals surface area contributed by atoms with Gasteiger partial charge in [0.2, 0.25) is 17.1 Å². The van der Waals surface area contributed by atoms with Crippen molar-refractivity contribution in [3.63, 3.8) is 0 Å². The third-order valence-electron chi connectivity index (χ3n) is 7.40. The molecule has 4 unspecified atom stereocenters. The van der Waals surface area contributed by atoms with Gasteiger partial charge in [0.15, 0.2) is 5.41 Å². The molecule has 2 heterocycles. The van der Waals surface area contributed by atoms with Crippen LogP contribution in [0.1, 0.15) is 35.6 Å². The summed E-state index contributed by atoms with van der Waals surface area (Å²) in [6, 6.07) is 29.9. The number of fused-ring (bicyclic) bond motifs is 2. The molecule has 2 aliphatic heterocycles. The molecule has 3 aromatic carbocycles. The summed E-state index contributed by atoms with van der Waals surface area (Å²) >= 11 is 0. The molecule has 0 amide bonds. The van der Waals surface area contributed by atoms with Crippen molar-refractivity contribution in [2.45, 2.75) is 31.3 Å². The fraction of sp³-hybridized carbons (Fsp3) is 0.267. The number of nitrogens with zero attached hydrogens (tertiary/aromatic N) is 3. The Morgan fingerprint density at radius 3 is 2.18 bits per heavy atom. The van der Waals surface area contributed by atoms with Gasteiger partial charge in [0.05, 0.1) is 31.2 Å². The molecule has 3 aromatic rings. The number of ether oxygens (including phenoxy) is 4. The maximum Gasteiger partial charge on any atom is 0.219 e. The molecule has 4 atom stereocenters. The molecular weight excluding hydrogens is 480 g/mol. The second-order valence-electron chi connectivity index (χ2n) is 9.41. The van der Waals surface area contributed by atoms with Gasteiger partial charge in [0.25, 0.3) is 0 Å². The first kappa shape index (κ1) is 24.8. The van der Waals surface area contributed by atoms with E-state index in [1.807, 2.05) is 30.3 Å². The molecular formula is C30H24N4O4. The predicted molar refractivity (Wildman–Crippen MR) is 136 cm³/mol. The van der Waals surface area contributed by atoms with Crippen LogP contribution in [-0.2, 0) is 16.1 Å². The van der Waals surface area contributed by atoms with Crippen molar-refractivity contribution in [1.82, 2.24) is 0 Å². The van der Waals surface area contributed by atoms with Crippen molar-refractivity contribution in [2.24, 2.45) is 10.8 Å². The van der Waals surface area contributed by atoms with E-state index >= 15 is 0 Å². The van der Waals surface area contributed by atoms with Crippen molar-refractivity contribution in [1.29, 1.82) is 21.2 Å². The fourth-order valence-electron chi connectivity index (χ4n) is 5.64. The summed E-state index contributed by atoms with van der Waals surface area (Å²) in [5.41, 5.74) is -2.06. The summed E-state index contributed by atoms with van der Waals surface area (Å²) in [7, 11) is 1.49. The first-order chi connectivity index (χ1) is 18.4. The van der Waals surface area contributed by atoms with Crippen LogP contribution in [0.3, 0.4) is 0 Å². The number of nitrogens with one attached hydrogen (secondary N) is 1. The van der Waals surface area contributed by atoms with E-state index in [1.54, 1.807) is 55.5 Å². The Hall–Kier alpha value is -4.84. The first-order valence-electron chi connectivity index (χ1n) is 12.0. The van der Waals surface area contributed by atoms with Crippen LogP contribution in [-0.4, -0.2) is 18.8 Å². The second-order valence-corrected chi connectivity index (χ2v) is 9.41. The monoisotopic (exact) mass is 504 g/mol. The van der Waals surface area contributed by atoms with E-state index in [0.29, 0.717) is 29.2 Å². The van der Waals surface area contributed by atoms with E-state index in [2.05, 4.69) is 18.2 Å². The highest BCUT2D eigenvalue weighted by Crippen LogP contribution is 2.70. The number of nitriles is 3. The van der Waals surface area contributed by atoms with Crippen molar-refractivity contribution in [3.05, 3.63) is 95.6 Å². The highest BCUT2D eigenvalue weighted by molar-refractivity contribution is 5.90. The van der Waals surface area contributed by atoms with Gasteiger partial charge in [-0.1, -0.05) is 60.7 Å². The predicted octanol–water partition coefficient (Wildman–Crippen LogP) is 5.40. The zero-order valence-electron chi connectivity index (χ0n) is 20.8. The van der Waals surface area contributed by atoms with Crippen molar-refractivity contribution < 1.29 is 18.9 Å². The largest absolute Gasteiger partial charge is 0.496 e. The number of rotatable bonds is 6. The van der Waals surface area contributed by atoms with Gasteiger partial charge in [-0.25, -0.2) is 0 Å². The van der Waals surface area contributed by atoms with E-state index in [1.165, 1.54) is 7.11 Å². The number of hydrogen-bond acceptors (Lipinski definition) is 8. The Kier molecular flexibility index (Phi) is 6.03. The van der Waals surface area contributed by atoms with Gasteiger partial charge in [-0.15, -0.1) is 0 Å². The van der Waals surface area contributed by atoms with Crippen LogP contribution >= 0.6 is 0 Å². The summed E-state index contributed by atoms with van der Waals surface area (Å²) in [4.78, 5) is 0. The van der Waals surface area contributed by atoms with Gasteiger partial charge in [0, 0.05) is 12.5 Å². The molecule has 2 bridgehead atoms. The molecule has 0 saturated carbocycles. The van der Waals surface area contributed by atoms with Crippen LogP contribution in [0.15, 0.2) is 78.9 Å². The van der Waals surface area contributed by atoms with Gasteiger partial charge < -0.3 is 18.9 Å². The van der Waals surface area contributed by atoms with Gasteiger partial charge in [-0.05, 0) is 29.3 Å². The normalized spacial score (nSPS) is 26.8. The lowest BCUT2D eigenvalue weighted by Gasteiger charge is -2.49. The molecule has 5 rings (SSSR count). The summed E-state index contributed by atoms with van der Waals surface area (Å²) in [6.45, 7) is 2.00. The Labute approximate surface area is 220 Å². The minimum Gasteiger partial charge on any atom is -0.496 e. The number of methoxy groups -OCH3 is 1. The highest BCUT2D eigenvalue weighted by Gasteiger charge is 2.80. The third kappa shape index (κ3) is 3.41. The lowest BCUT2D eigenvalue weighted by Crippen LogP contribution is -2.57. The lowest BCUT2D eigenvalue weighted by atomic mass is 9.52. The van der Waals surface area contributed by atoms with Crippen LogP contribution in [0.5, 0.6) is 11.5 Å². The molecule has 2 fully saturated rings. The topological polar surface area (TPSA) is 132 Å². The van der Waals surface area contributed by atoms with Crippen LogP contribution in [0, 0.1) is 50.2 Å². The molecule has 1 N–H and O–H groups in total. The van der Waals surface area contributed by atoms with E-state index < -0.39 is 34.5 Å². The lowest BCUT2D eigenvalue weighted by molar-refractivity contribution is -0.253. The van der Waals surface area contributed by atoms with Crippen molar-refractivity contribution in [3.8, 4) is 29.7 Å². The van der Waals surface area contributed by atoms with Crippen LogP contribution in [0.2, 0.25) is 0 Å².